The highest BCUT2D eigenvalue weighted by molar-refractivity contribution is 6.22. The van der Waals surface area contributed by atoms with Crippen LogP contribution in [0.3, 0.4) is 0 Å². The van der Waals surface area contributed by atoms with Gasteiger partial charge in [-0.15, -0.1) is 0 Å². The first kappa shape index (κ1) is 13.2. The number of hydrogen-bond acceptors (Lipinski definition) is 2. The van der Waals surface area contributed by atoms with Crippen molar-refractivity contribution < 1.29 is 9.59 Å². The number of nitrogens with zero attached hydrogens (tertiary/aromatic N) is 2. The molecular formula is C16H20N2O2. The van der Waals surface area contributed by atoms with Crippen molar-refractivity contribution >= 4 is 17.6 Å². The average Bonchev–Trinajstić information content (AvgIpc) is 2.64. The van der Waals surface area contributed by atoms with E-state index in [9.17, 15) is 9.59 Å². The van der Waals surface area contributed by atoms with Gasteiger partial charge in [0.1, 0.15) is 6.04 Å². The van der Waals surface area contributed by atoms with E-state index in [-0.39, 0.29) is 18.0 Å². The van der Waals surface area contributed by atoms with Gasteiger partial charge in [0, 0.05) is 6.54 Å². The van der Waals surface area contributed by atoms with Gasteiger partial charge in [-0.05, 0) is 51.2 Å². The van der Waals surface area contributed by atoms with Gasteiger partial charge in [0.2, 0.25) is 0 Å². The molecular weight excluding hydrogens is 252 g/mol. The SMILES string of the molecule is Cc1cc(C)c(N2C(=O)C3CCCCN3C2=O)c(C)c1. The second-order valence-electron chi connectivity index (χ2n) is 5.91. The maximum absolute atomic E-state index is 12.6. The molecule has 1 atom stereocenters. The summed E-state index contributed by atoms with van der Waals surface area (Å²) in [5.74, 6) is -0.0512. The molecule has 2 aliphatic heterocycles. The van der Waals surface area contributed by atoms with E-state index in [1.165, 1.54) is 4.90 Å². The Bertz CT molecular complexity index is 547. The van der Waals surface area contributed by atoms with Crippen LogP contribution in [0.15, 0.2) is 12.1 Å². The van der Waals surface area contributed by atoms with Crippen LogP contribution in [0.1, 0.15) is 36.0 Å². The Morgan fingerprint density at radius 3 is 2.30 bits per heavy atom. The average molecular weight is 272 g/mol. The highest BCUT2D eigenvalue weighted by Crippen LogP contribution is 2.34. The molecule has 2 heterocycles. The van der Waals surface area contributed by atoms with Crippen molar-refractivity contribution in [3.05, 3.63) is 28.8 Å². The molecule has 2 fully saturated rings. The minimum atomic E-state index is -0.239. The van der Waals surface area contributed by atoms with Crippen molar-refractivity contribution in [1.29, 1.82) is 0 Å². The van der Waals surface area contributed by atoms with Crippen molar-refractivity contribution in [2.75, 3.05) is 11.4 Å². The molecule has 1 unspecified atom stereocenters. The van der Waals surface area contributed by atoms with E-state index in [1.807, 2.05) is 32.9 Å². The monoisotopic (exact) mass is 272 g/mol. The molecule has 0 radical (unpaired) electrons. The molecule has 3 amide bonds. The molecule has 2 aliphatic rings. The van der Waals surface area contributed by atoms with Gasteiger partial charge in [-0.1, -0.05) is 17.7 Å². The summed E-state index contributed by atoms with van der Waals surface area (Å²) < 4.78 is 0. The predicted octanol–water partition coefficient (Wildman–Crippen LogP) is 2.93. The van der Waals surface area contributed by atoms with Crippen LogP contribution in [0.2, 0.25) is 0 Å². The second kappa shape index (κ2) is 4.62. The van der Waals surface area contributed by atoms with Crippen LogP contribution in [0, 0.1) is 20.8 Å². The molecule has 1 aromatic rings. The summed E-state index contributed by atoms with van der Waals surface area (Å²) in [6.07, 6.45) is 2.82. The lowest BCUT2D eigenvalue weighted by Gasteiger charge is -2.26. The first-order chi connectivity index (χ1) is 9.50. The van der Waals surface area contributed by atoms with Gasteiger partial charge < -0.3 is 4.90 Å². The summed E-state index contributed by atoms with van der Waals surface area (Å²) in [4.78, 5) is 28.3. The third kappa shape index (κ3) is 1.82. The number of benzene rings is 1. The molecule has 20 heavy (non-hydrogen) atoms. The quantitative estimate of drug-likeness (QED) is 0.737. The molecule has 2 saturated heterocycles. The highest BCUT2D eigenvalue weighted by Gasteiger charge is 2.47. The van der Waals surface area contributed by atoms with Gasteiger partial charge in [0.15, 0.2) is 0 Å². The van der Waals surface area contributed by atoms with Crippen LogP contribution in [-0.2, 0) is 4.79 Å². The molecule has 3 rings (SSSR count). The Morgan fingerprint density at radius 1 is 1.05 bits per heavy atom. The molecule has 0 N–H and O–H groups in total. The Kier molecular flexibility index (Phi) is 3.04. The van der Waals surface area contributed by atoms with Crippen molar-refractivity contribution in [3.8, 4) is 0 Å². The number of urea groups is 1. The standard InChI is InChI=1S/C16H20N2O2/c1-10-8-11(2)14(12(3)9-10)18-15(19)13-6-4-5-7-17(13)16(18)20/h8-9,13H,4-7H2,1-3H3. The molecule has 4 heteroatoms. The maximum Gasteiger partial charge on any atom is 0.332 e. The zero-order valence-electron chi connectivity index (χ0n) is 12.3. The highest BCUT2D eigenvalue weighted by atomic mass is 16.2. The van der Waals surface area contributed by atoms with Crippen molar-refractivity contribution in [2.24, 2.45) is 0 Å². The van der Waals surface area contributed by atoms with Crippen LogP contribution in [0.4, 0.5) is 10.5 Å². The summed E-state index contributed by atoms with van der Waals surface area (Å²) in [7, 11) is 0. The number of imide groups is 1. The largest absolute Gasteiger partial charge is 0.332 e. The number of anilines is 1. The number of carbonyl (C=O) groups excluding carboxylic acids is 2. The number of hydrogen-bond donors (Lipinski definition) is 0. The Labute approximate surface area is 119 Å². The predicted molar refractivity (Wildman–Crippen MR) is 77.9 cm³/mol. The Balaban J connectivity index is 2.06. The van der Waals surface area contributed by atoms with E-state index in [0.717, 1.165) is 41.6 Å². The fourth-order valence-corrected chi connectivity index (χ4v) is 3.52. The van der Waals surface area contributed by atoms with E-state index in [4.69, 9.17) is 0 Å². The fraction of sp³-hybridized carbons (Fsp3) is 0.500. The third-order valence-electron chi connectivity index (χ3n) is 4.30. The van der Waals surface area contributed by atoms with Gasteiger partial charge in [-0.3, -0.25) is 4.79 Å². The Hall–Kier alpha value is -1.84. The van der Waals surface area contributed by atoms with Gasteiger partial charge in [0.25, 0.3) is 5.91 Å². The van der Waals surface area contributed by atoms with Crippen molar-refractivity contribution in [3.63, 3.8) is 0 Å². The van der Waals surface area contributed by atoms with Crippen LogP contribution in [-0.4, -0.2) is 29.4 Å². The van der Waals surface area contributed by atoms with Crippen molar-refractivity contribution in [2.45, 2.75) is 46.1 Å². The smallest absolute Gasteiger partial charge is 0.312 e. The van der Waals surface area contributed by atoms with E-state index < -0.39 is 0 Å². The summed E-state index contributed by atoms with van der Waals surface area (Å²) in [5.41, 5.74) is 3.91. The lowest BCUT2D eigenvalue weighted by Crippen LogP contribution is -2.39. The first-order valence-electron chi connectivity index (χ1n) is 7.23. The fourth-order valence-electron chi connectivity index (χ4n) is 3.52. The summed E-state index contributed by atoms with van der Waals surface area (Å²) in [6, 6.07) is 3.67. The minimum Gasteiger partial charge on any atom is -0.312 e. The van der Waals surface area contributed by atoms with Gasteiger partial charge in [-0.25, -0.2) is 9.69 Å². The minimum absolute atomic E-state index is 0.0512. The number of amides is 3. The summed E-state index contributed by atoms with van der Waals surface area (Å²) >= 11 is 0. The zero-order valence-corrected chi connectivity index (χ0v) is 12.3. The van der Waals surface area contributed by atoms with Crippen LogP contribution in [0.25, 0.3) is 0 Å². The topological polar surface area (TPSA) is 40.6 Å². The molecule has 0 spiro atoms. The summed E-state index contributed by atoms with van der Waals surface area (Å²) in [5, 5.41) is 0. The van der Waals surface area contributed by atoms with E-state index in [0.29, 0.717) is 6.54 Å². The van der Waals surface area contributed by atoms with Gasteiger partial charge >= 0.3 is 6.03 Å². The van der Waals surface area contributed by atoms with Gasteiger partial charge in [0.05, 0.1) is 5.69 Å². The number of rotatable bonds is 1. The number of carbonyl (C=O) groups is 2. The van der Waals surface area contributed by atoms with E-state index in [2.05, 4.69) is 0 Å². The van der Waals surface area contributed by atoms with E-state index >= 15 is 0 Å². The third-order valence-corrected chi connectivity index (χ3v) is 4.30. The Morgan fingerprint density at radius 2 is 1.70 bits per heavy atom. The number of fused-ring (bicyclic) bond motifs is 1. The molecule has 0 aliphatic carbocycles. The van der Waals surface area contributed by atoms with E-state index in [1.54, 1.807) is 4.90 Å². The van der Waals surface area contributed by atoms with Crippen LogP contribution < -0.4 is 4.90 Å². The van der Waals surface area contributed by atoms with Crippen LogP contribution >= 0.6 is 0 Å². The number of piperidine rings is 1. The summed E-state index contributed by atoms with van der Waals surface area (Å²) in [6.45, 7) is 6.66. The molecule has 106 valence electrons. The molecule has 4 nitrogen and oxygen atoms in total. The lowest BCUT2D eigenvalue weighted by atomic mass is 10.0. The number of aryl methyl sites for hydroxylation is 3. The molecule has 0 bridgehead atoms. The van der Waals surface area contributed by atoms with Crippen molar-refractivity contribution in [1.82, 2.24) is 4.90 Å². The molecule has 0 aromatic heterocycles. The van der Waals surface area contributed by atoms with Gasteiger partial charge in [-0.2, -0.15) is 0 Å². The molecule has 0 saturated carbocycles. The second-order valence-corrected chi connectivity index (χ2v) is 5.91. The maximum atomic E-state index is 12.6. The first-order valence-corrected chi connectivity index (χ1v) is 7.23. The lowest BCUT2D eigenvalue weighted by molar-refractivity contribution is -0.120. The molecule has 1 aromatic carbocycles. The normalized spacial score (nSPS) is 22.4. The van der Waals surface area contributed by atoms with Crippen LogP contribution in [0.5, 0.6) is 0 Å². The zero-order chi connectivity index (χ0) is 14.4.